The van der Waals surface area contributed by atoms with E-state index in [1.54, 1.807) is 0 Å². The van der Waals surface area contributed by atoms with Crippen LogP contribution in [0.4, 0.5) is 0 Å². The van der Waals surface area contributed by atoms with Crippen molar-refractivity contribution in [1.29, 1.82) is 0 Å². The van der Waals surface area contributed by atoms with Gasteiger partial charge in [-0.05, 0) is 72.1 Å². The number of benzene rings is 1. The van der Waals surface area contributed by atoms with Crippen molar-refractivity contribution < 1.29 is 0 Å². The molecule has 0 unspecified atom stereocenters. The Balaban J connectivity index is 2.18. The van der Waals surface area contributed by atoms with Crippen LogP contribution in [0.5, 0.6) is 0 Å². The molecule has 0 aliphatic rings. The van der Waals surface area contributed by atoms with Gasteiger partial charge in [0.15, 0.2) is 0 Å². The molecule has 0 aliphatic heterocycles. The highest BCUT2D eigenvalue weighted by Gasteiger charge is 2.18. The molecular weight excluding hydrogens is 292 g/mol. The summed E-state index contributed by atoms with van der Waals surface area (Å²) in [5.41, 5.74) is 8.60. The van der Waals surface area contributed by atoms with Gasteiger partial charge < -0.3 is 0 Å². The van der Waals surface area contributed by atoms with Gasteiger partial charge in [0.05, 0.1) is 6.20 Å². The molecule has 24 heavy (non-hydrogen) atoms. The van der Waals surface area contributed by atoms with Crippen molar-refractivity contribution in [2.24, 2.45) is 0 Å². The van der Waals surface area contributed by atoms with Gasteiger partial charge in [0, 0.05) is 6.20 Å². The van der Waals surface area contributed by atoms with Crippen LogP contribution >= 0.6 is 0 Å². The summed E-state index contributed by atoms with van der Waals surface area (Å²) in [4.78, 5) is 4.42. The first kappa shape index (κ1) is 16.3. The number of nitrogens with zero attached hydrogens (tertiary/aromatic N) is 2. The largest absolute Gasteiger partial charge is 0.292 e. The molecule has 0 atom stereocenters. The van der Waals surface area contributed by atoms with E-state index in [-0.39, 0.29) is 5.41 Å². The van der Waals surface area contributed by atoms with E-state index >= 15 is 0 Å². The van der Waals surface area contributed by atoms with Crippen LogP contribution in [-0.4, -0.2) is 9.38 Å². The maximum Gasteiger partial charge on any atom is 0.137 e. The molecule has 2 nitrogen and oxygen atoms in total. The summed E-state index contributed by atoms with van der Waals surface area (Å²) in [5, 5.41) is 0. The summed E-state index contributed by atoms with van der Waals surface area (Å²) in [6, 6.07) is 8.71. The number of rotatable bonds is 1. The molecule has 0 bridgehead atoms. The predicted octanol–water partition coefficient (Wildman–Crippen LogP) is 5.29. The molecule has 2 heterocycles. The first-order chi connectivity index (χ1) is 11.3. The topological polar surface area (TPSA) is 17.3 Å². The number of imidazole rings is 1. The summed E-state index contributed by atoms with van der Waals surface area (Å²) in [6.45, 7) is 13.1. The maximum atomic E-state index is 4.42. The first-order valence-electron chi connectivity index (χ1n) is 8.34. The van der Waals surface area contributed by atoms with Crippen LogP contribution < -0.4 is 0 Å². The number of aromatic nitrogens is 2. The summed E-state index contributed by atoms with van der Waals surface area (Å²) < 4.78 is 2.07. The minimum absolute atomic E-state index is 0.158. The summed E-state index contributed by atoms with van der Waals surface area (Å²) in [6.07, 6.45) is 3.97. The number of pyridine rings is 1. The smallest absolute Gasteiger partial charge is 0.137 e. The molecule has 0 spiro atoms. The fourth-order valence-electron chi connectivity index (χ4n) is 3.31. The highest BCUT2D eigenvalue weighted by atomic mass is 15.0. The summed E-state index contributed by atoms with van der Waals surface area (Å²) in [7, 11) is 0. The lowest BCUT2D eigenvalue weighted by atomic mass is 9.81. The minimum atomic E-state index is 0.158. The summed E-state index contributed by atoms with van der Waals surface area (Å²) in [5.74, 6) is 6.07. The van der Waals surface area contributed by atoms with Gasteiger partial charge in [-0.1, -0.05) is 38.8 Å². The average molecular weight is 316 g/mol. The molecule has 3 aromatic rings. The standard InChI is InChI=1S/C22H24N2/c1-7-8-18-13-23-21-12-9-17(14-24(18)21)19-10-11-20(22(4,5)6)16(3)15(19)2/h9-14H,1-6H3. The highest BCUT2D eigenvalue weighted by molar-refractivity contribution is 5.70. The van der Waals surface area contributed by atoms with Gasteiger partial charge in [0.1, 0.15) is 11.3 Å². The van der Waals surface area contributed by atoms with Crippen molar-refractivity contribution in [3.63, 3.8) is 0 Å². The Morgan fingerprint density at radius 1 is 1.00 bits per heavy atom. The molecule has 122 valence electrons. The Morgan fingerprint density at radius 2 is 1.75 bits per heavy atom. The normalized spacial score (nSPS) is 11.4. The third-order valence-electron chi connectivity index (χ3n) is 4.66. The molecule has 0 N–H and O–H groups in total. The Morgan fingerprint density at radius 3 is 2.42 bits per heavy atom. The number of fused-ring (bicyclic) bond motifs is 1. The zero-order valence-electron chi connectivity index (χ0n) is 15.4. The van der Waals surface area contributed by atoms with Gasteiger partial charge in [-0.25, -0.2) is 4.98 Å². The summed E-state index contributed by atoms with van der Waals surface area (Å²) >= 11 is 0. The zero-order valence-corrected chi connectivity index (χ0v) is 15.4. The van der Waals surface area contributed by atoms with Crippen LogP contribution in [0.15, 0.2) is 36.7 Å². The van der Waals surface area contributed by atoms with Gasteiger partial charge in [-0.2, -0.15) is 0 Å². The first-order valence-corrected chi connectivity index (χ1v) is 8.34. The van der Waals surface area contributed by atoms with Gasteiger partial charge in [0.25, 0.3) is 0 Å². The number of hydrogen-bond donors (Lipinski definition) is 0. The molecule has 1 aromatic carbocycles. The van der Waals surface area contributed by atoms with Gasteiger partial charge >= 0.3 is 0 Å². The van der Waals surface area contributed by atoms with Crippen LogP contribution in [0.1, 0.15) is 50.1 Å². The predicted molar refractivity (Wildman–Crippen MR) is 101 cm³/mol. The van der Waals surface area contributed by atoms with E-state index in [1.165, 1.54) is 27.8 Å². The molecule has 2 aromatic heterocycles. The van der Waals surface area contributed by atoms with Crippen molar-refractivity contribution in [1.82, 2.24) is 9.38 Å². The van der Waals surface area contributed by atoms with Crippen molar-refractivity contribution in [3.8, 4) is 23.0 Å². The Bertz CT molecular complexity index is 973. The SMILES string of the molecule is CC#Cc1cnc2ccc(-c3ccc(C(C)(C)C)c(C)c3C)cn12. The minimum Gasteiger partial charge on any atom is -0.292 e. The molecule has 0 aliphatic carbocycles. The molecular formula is C22H24N2. The Hall–Kier alpha value is -2.53. The number of hydrogen-bond acceptors (Lipinski definition) is 1. The lowest BCUT2D eigenvalue weighted by Crippen LogP contribution is -2.14. The second-order valence-corrected chi connectivity index (χ2v) is 7.33. The monoisotopic (exact) mass is 316 g/mol. The van der Waals surface area contributed by atoms with Crippen LogP contribution in [-0.2, 0) is 5.41 Å². The van der Waals surface area contributed by atoms with Gasteiger partial charge in [-0.15, -0.1) is 0 Å². The van der Waals surface area contributed by atoms with E-state index in [4.69, 9.17) is 0 Å². The molecule has 3 rings (SSSR count). The van der Waals surface area contributed by atoms with E-state index in [0.717, 1.165) is 11.3 Å². The van der Waals surface area contributed by atoms with Crippen LogP contribution in [0.2, 0.25) is 0 Å². The highest BCUT2D eigenvalue weighted by Crippen LogP contribution is 2.33. The van der Waals surface area contributed by atoms with Crippen molar-refractivity contribution >= 4 is 5.65 Å². The molecule has 0 radical (unpaired) electrons. The lowest BCUT2D eigenvalue weighted by Gasteiger charge is -2.24. The zero-order chi connectivity index (χ0) is 17.5. The lowest BCUT2D eigenvalue weighted by molar-refractivity contribution is 0.585. The van der Waals surface area contributed by atoms with Crippen LogP contribution in [0.3, 0.4) is 0 Å². The van der Waals surface area contributed by atoms with E-state index in [1.807, 2.05) is 13.1 Å². The van der Waals surface area contributed by atoms with Crippen molar-refractivity contribution in [2.45, 2.75) is 47.0 Å². The van der Waals surface area contributed by atoms with Crippen molar-refractivity contribution in [3.05, 3.63) is 59.0 Å². The van der Waals surface area contributed by atoms with E-state index in [0.29, 0.717) is 0 Å². The fraction of sp³-hybridized carbons (Fsp3) is 0.318. The third-order valence-corrected chi connectivity index (χ3v) is 4.66. The van der Waals surface area contributed by atoms with E-state index in [2.05, 4.69) is 86.3 Å². The molecule has 2 heteroatoms. The maximum absolute atomic E-state index is 4.42. The van der Waals surface area contributed by atoms with E-state index in [9.17, 15) is 0 Å². The van der Waals surface area contributed by atoms with Crippen molar-refractivity contribution in [2.75, 3.05) is 0 Å². The average Bonchev–Trinajstić information content (AvgIpc) is 2.91. The molecule has 0 saturated carbocycles. The van der Waals surface area contributed by atoms with Crippen LogP contribution in [0.25, 0.3) is 16.8 Å². The fourth-order valence-corrected chi connectivity index (χ4v) is 3.31. The van der Waals surface area contributed by atoms with Gasteiger partial charge in [-0.3, -0.25) is 4.40 Å². The second kappa shape index (κ2) is 5.83. The third kappa shape index (κ3) is 2.71. The Labute approximate surface area is 144 Å². The van der Waals surface area contributed by atoms with Gasteiger partial charge in [0.2, 0.25) is 0 Å². The Kier molecular flexibility index (Phi) is 3.97. The quantitative estimate of drug-likeness (QED) is 0.558. The second-order valence-electron chi connectivity index (χ2n) is 7.33. The molecule has 0 saturated heterocycles. The molecule has 0 fully saturated rings. The molecule has 0 amide bonds. The van der Waals surface area contributed by atoms with Crippen LogP contribution in [0, 0.1) is 25.7 Å². The van der Waals surface area contributed by atoms with E-state index < -0.39 is 0 Å².